The van der Waals surface area contributed by atoms with Crippen molar-refractivity contribution in [2.24, 2.45) is 5.92 Å². The lowest BCUT2D eigenvalue weighted by Gasteiger charge is -2.31. The third-order valence-electron chi connectivity index (χ3n) is 2.96. The van der Waals surface area contributed by atoms with Crippen molar-refractivity contribution in [3.8, 4) is 0 Å². The maximum Gasteiger partial charge on any atom is 0.321 e. The lowest BCUT2D eigenvalue weighted by molar-refractivity contribution is -0.142. The fourth-order valence-electron chi connectivity index (χ4n) is 2.03. The Kier molecular flexibility index (Phi) is 4.81. The Balaban J connectivity index is 1.98. The number of rotatable bonds is 5. The van der Waals surface area contributed by atoms with Crippen molar-refractivity contribution in [1.29, 1.82) is 0 Å². The quantitative estimate of drug-likeness (QED) is 0.872. The summed E-state index contributed by atoms with van der Waals surface area (Å²) in [6.07, 6.45) is 0.779. The van der Waals surface area contributed by atoms with E-state index in [1.807, 2.05) is 4.90 Å². The third kappa shape index (κ3) is 3.94. The van der Waals surface area contributed by atoms with E-state index in [9.17, 15) is 9.90 Å². The first-order valence-electron chi connectivity index (χ1n) is 6.42. The van der Waals surface area contributed by atoms with Crippen molar-refractivity contribution < 1.29 is 14.4 Å². The number of aliphatic carboxylic acids is 1. The van der Waals surface area contributed by atoms with Crippen LogP contribution in [0.25, 0.3) is 0 Å². The van der Waals surface area contributed by atoms with Crippen LogP contribution in [0.1, 0.15) is 25.6 Å². The molecular formula is C12H19N3O3S. The van der Waals surface area contributed by atoms with Crippen LogP contribution in [0.5, 0.6) is 0 Å². The summed E-state index contributed by atoms with van der Waals surface area (Å²) in [7, 11) is 0. The van der Waals surface area contributed by atoms with E-state index in [4.69, 9.17) is 4.52 Å². The lowest BCUT2D eigenvalue weighted by atomic mass is 10.1. The predicted molar refractivity (Wildman–Crippen MR) is 72.0 cm³/mol. The number of carboxylic acids is 1. The molecule has 1 atom stereocenters. The average molecular weight is 285 g/mol. The summed E-state index contributed by atoms with van der Waals surface area (Å²) >= 11 is 1.67. The second kappa shape index (κ2) is 6.38. The van der Waals surface area contributed by atoms with Crippen LogP contribution in [-0.2, 0) is 17.8 Å². The number of hydrogen-bond acceptors (Lipinski definition) is 6. The number of carboxylic acid groups (broad SMARTS) is 1. The monoisotopic (exact) mass is 285 g/mol. The highest BCUT2D eigenvalue weighted by molar-refractivity contribution is 7.99. The van der Waals surface area contributed by atoms with Crippen LogP contribution in [0, 0.1) is 5.92 Å². The molecule has 6 nitrogen and oxygen atoms in total. The average Bonchev–Trinajstić information content (AvgIpc) is 2.76. The van der Waals surface area contributed by atoms with E-state index >= 15 is 0 Å². The molecule has 106 valence electrons. The first-order valence-corrected chi connectivity index (χ1v) is 7.57. The van der Waals surface area contributed by atoms with Gasteiger partial charge in [-0.2, -0.15) is 16.7 Å². The molecule has 1 aromatic heterocycles. The van der Waals surface area contributed by atoms with E-state index in [1.54, 1.807) is 11.8 Å². The molecule has 0 amide bonds. The zero-order valence-corrected chi connectivity index (χ0v) is 12.0. The summed E-state index contributed by atoms with van der Waals surface area (Å²) in [5.74, 6) is 2.45. The minimum Gasteiger partial charge on any atom is -0.480 e. The molecule has 19 heavy (non-hydrogen) atoms. The van der Waals surface area contributed by atoms with Crippen LogP contribution >= 0.6 is 11.8 Å². The van der Waals surface area contributed by atoms with Gasteiger partial charge in [0, 0.05) is 24.5 Å². The molecule has 1 aliphatic rings. The highest BCUT2D eigenvalue weighted by atomic mass is 32.2. The van der Waals surface area contributed by atoms with Gasteiger partial charge in [0.1, 0.15) is 6.04 Å². The molecule has 1 N–H and O–H groups in total. The van der Waals surface area contributed by atoms with Crippen LogP contribution in [-0.4, -0.2) is 50.2 Å². The van der Waals surface area contributed by atoms with E-state index in [-0.39, 0.29) is 0 Å². The second-order valence-corrected chi connectivity index (χ2v) is 6.25. The molecule has 0 radical (unpaired) electrons. The SMILES string of the molecule is CC(C)Cc1noc(CN2CCSCC2C(=O)O)n1. The van der Waals surface area contributed by atoms with Gasteiger partial charge >= 0.3 is 5.97 Å². The molecule has 0 aliphatic carbocycles. The van der Waals surface area contributed by atoms with Gasteiger partial charge in [-0.15, -0.1) is 0 Å². The second-order valence-electron chi connectivity index (χ2n) is 5.10. The number of carbonyl (C=O) groups is 1. The molecule has 2 rings (SSSR count). The molecule has 0 saturated carbocycles. The maximum atomic E-state index is 11.2. The van der Waals surface area contributed by atoms with E-state index in [0.29, 0.717) is 29.9 Å². The van der Waals surface area contributed by atoms with Gasteiger partial charge in [0.2, 0.25) is 5.89 Å². The van der Waals surface area contributed by atoms with Crippen molar-refractivity contribution in [2.45, 2.75) is 32.9 Å². The Hall–Kier alpha value is -1.08. The summed E-state index contributed by atoms with van der Waals surface area (Å²) in [6.45, 7) is 5.35. The van der Waals surface area contributed by atoms with Gasteiger partial charge in [0.25, 0.3) is 0 Å². The van der Waals surface area contributed by atoms with E-state index < -0.39 is 12.0 Å². The van der Waals surface area contributed by atoms with E-state index in [2.05, 4.69) is 24.0 Å². The Morgan fingerprint density at radius 2 is 2.42 bits per heavy atom. The van der Waals surface area contributed by atoms with E-state index in [0.717, 1.165) is 18.7 Å². The van der Waals surface area contributed by atoms with Crippen LogP contribution in [0.2, 0.25) is 0 Å². The van der Waals surface area contributed by atoms with Gasteiger partial charge in [-0.1, -0.05) is 19.0 Å². The molecule has 0 bridgehead atoms. The Labute approximate surface area is 116 Å². The molecule has 1 unspecified atom stereocenters. The van der Waals surface area contributed by atoms with Crippen molar-refractivity contribution in [3.63, 3.8) is 0 Å². The first-order chi connectivity index (χ1) is 9.06. The fourth-order valence-corrected chi connectivity index (χ4v) is 3.14. The predicted octanol–water partition coefficient (Wildman–Crippen LogP) is 1.27. The van der Waals surface area contributed by atoms with Crippen molar-refractivity contribution in [1.82, 2.24) is 15.0 Å². The highest BCUT2D eigenvalue weighted by Crippen LogP contribution is 2.19. The highest BCUT2D eigenvalue weighted by Gasteiger charge is 2.30. The summed E-state index contributed by atoms with van der Waals surface area (Å²) in [5.41, 5.74) is 0. The number of thioether (sulfide) groups is 1. The van der Waals surface area contributed by atoms with Crippen LogP contribution in [0.3, 0.4) is 0 Å². The minimum atomic E-state index is -0.783. The van der Waals surface area contributed by atoms with Gasteiger partial charge < -0.3 is 9.63 Å². The van der Waals surface area contributed by atoms with Gasteiger partial charge in [-0.3, -0.25) is 9.69 Å². The smallest absolute Gasteiger partial charge is 0.321 e. The van der Waals surface area contributed by atoms with Gasteiger partial charge in [0.15, 0.2) is 5.82 Å². The van der Waals surface area contributed by atoms with E-state index in [1.165, 1.54) is 0 Å². The molecule has 1 fully saturated rings. The maximum absolute atomic E-state index is 11.2. The van der Waals surface area contributed by atoms with Crippen molar-refractivity contribution >= 4 is 17.7 Å². The molecule has 7 heteroatoms. The summed E-state index contributed by atoms with van der Waals surface area (Å²) in [4.78, 5) is 17.4. The number of nitrogens with zero attached hydrogens (tertiary/aromatic N) is 3. The lowest BCUT2D eigenvalue weighted by Crippen LogP contribution is -2.46. The normalized spacial score (nSPS) is 20.9. The Morgan fingerprint density at radius 1 is 1.63 bits per heavy atom. The third-order valence-corrected chi connectivity index (χ3v) is 3.99. The van der Waals surface area contributed by atoms with Crippen LogP contribution in [0.15, 0.2) is 4.52 Å². The molecule has 1 saturated heterocycles. The number of aromatic nitrogens is 2. The van der Waals surface area contributed by atoms with Gasteiger partial charge in [-0.25, -0.2) is 0 Å². The Morgan fingerprint density at radius 3 is 3.11 bits per heavy atom. The van der Waals surface area contributed by atoms with Gasteiger partial charge in [0.05, 0.1) is 6.54 Å². The topological polar surface area (TPSA) is 79.5 Å². The largest absolute Gasteiger partial charge is 0.480 e. The molecule has 1 aliphatic heterocycles. The zero-order chi connectivity index (χ0) is 13.8. The first kappa shape index (κ1) is 14.3. The van der Waals surface area contributed by atoms with Gasteiger partial charge in [-0.05, 0) is 5.92 Å². The molecule has 0 aromatic carbocycles. The fraction of sp³-hybridized carbons (Fsp3) is 0.750. The molecule has 1 aromatic rings. The summed E-state index contributed by atoms with van der Waals surface area (Å²) < 4.78 is 5.19. The molecular weight excluding hydrogens is 266 g/mol. The van der Waals surface area contributed by atoms with Crippen molar-refractivity contribution in [2.75, 3.05) is 18.1 Å². The summed E-state index contributed by atoms with van der Waals surface area (Å²) in [6, 6.07) is -0.459. The molecule has 2 heterocycles. The summed E-state index contributed by atoms with van der Waals surface area (Å²) in [5, 5.41) is 13.1. The Bertz CT molecular complexity index is 436. The number of hydrogen-bond donors (Lipinski definition) is 1. The van der Waals surface area contributed by atoms with Crippen molar-refractivity contribution in [3.05, 3.63) is 11.7 Å². The van der Waals surface area contributed by atoms with Crippen LogP contribution in [0.4, 0.5) is 0 Å². The standard InChI is InChI=1S/C12H19N3O3S/c1-8(2)5-10-13-11(18-14-10)6-15-3-4-19-7-9(15)12(16)17/h8-9H,3-7H2,1-2H3,(H,16,17). The van der Waals surface area contributed by atoms with Crippen LogP contribution < -0.4 is 0 Å². The zero-order valence-electron chi connectivity index (χ0n) is 11.2. The minimum absolute atomic E-state index is 0.419. The molecule has 0 spiro atoms.